The molecule has 4 heteroatoms. The zero-order valence-electron chi connectivity index (χ0n) is 11.9. The molecule has 0 unspecified atom stereocenters. The van der Waals surface area contributed by atoms with Crippen LogP contribution in [-0.2, 0) is 6.42 Å². The molecule has 1 aromatic carbocycles. The number of amides is 1. The maximum atomic E-state index is 12.2. The first-order valence-electron chi connectivity index (χ1n) is 7.14. The van der Waals surface area contributed by atoms with Crippen molar-refractivity contribution in [1.82, 2.24) is 15.1 Å². The fourth-order valence-corrected chi connectivity index (χ4v) is 2.38. The molecule has 1 aliphatic rings. The van der Waals surface area contributed by atoms with Gasteiger partial charge in [0, 0.05) is 6.04 Å². The van der Waals surface area contributed by atoms with E-state index in [9.17, 15) is 4.79 Å². The first kappa shape index (κ1) is 12.9. The molecule has 0 atom stereocenters. The number of rotatable bonds is 4. The third-order valence-electron chi connectivity index (χ3n) is 3.61. The Labute approximate surface area is 118 Å². The summed E-state index contributed by atoms with van der Waals surface area (Å²) in [7, 11) is 0. The van der Waals surface area contributed by atoms with E-state index in [-0.39, 0.29) is 5.91 Å². The van der Waals surface area contributed by atoms with Crippen molar-refractivity contribution in [1.29, 1.82) is 0 Å². The van der Waals surface area contributed by atoms with E-state index >= 15 is 0 Å². The maximum absolute atomic E-state index is 12.2. The van der Waals surface area contributed by atoms with Gasteiger partial charge in [0.15, 0.2) is 0 Å². The fourth-order valence-electron chi connectivity index (χ4n) is 2.38. The Morgan fingerprint density at radius 3 is 2.90 bits per heavy atom. The molecule has 3 rings (SSSR count). The number of hydrogen-bond acceptors (Lipinski definition) is 2. The Morgan fingerprint density at radius 1 is 1.45 bits per heavy atom. The summed E-state index contributed by atoms with van der Waals surface area (Å²) in [5.74, 6) is 0.00301. The topological polar surface area (TPSA) is 46.9 Å². The number of nitrogens with zero attached hydrogens (tertiary/aromatic N) is 2. The van der Waals surface area contributed by atoms with Crippen LogP contribution in [0.3, 0.4) is 0 Å². The molecule has 4 nitrogen and oxygen atoms in total. The van der Waals surface area contributed by atoms with Gasteiger partial charge in [-0.25, -0.2) is 4.68 Å². The molecule has 2 aromatic rings. The van der Waals surface area contributed by atoms with Gasteiger partial charge in [-0.2, -0.15) is 5.10 Å². The normalized spacial score (nSPS) is 14.3. The smallest absolute Gasteiger partial charge is 0.254 e. The van der Waals surface area contributed by atoms with Crippen LogP contribution in [0, 0.1) is 6.92 Å². The molecular weight excluding hydrogens is 250 g/mol. The van der Waals surface area contributed by atoms with Gasteiger partial charge in [0.1, 0.15) is 0 Å². The Hall–Kier alpha value is -2.10. The van der Waals surface area contributed by atoms with Crippen molar-refractivity contribution >= 4 is 5.91 Å². The highest BCUT2D eigenvalue weighted by Crippen LogP contribution is 2.21. The van der Waals surface area contributed by atoms with E-state index in [1.165, 1.54) is 5.56 Å². The zero-order chi connectivity index (χ0) is 14.1. The van der Waals surface area contributed by atoms with Crippen molar-refractivity contribution in [3.63, 3.8) is 0 Å². The predicted octanol–water partition coefficient (Wildman–Crippen LogP) is 2.64. The molecule has 1 N–H and O–H groups in total. The summed E-state index contributed by atoms with van der Waals surface area (Å²) in [6.07, 6.45) is 4.65. The summed E-state index contributed by atoms with van der Waals surface area (Å²) in [4.78, 5) is 12.2. The number of aromatic nitrogens is 2. The highest BCUT2D eigenvalue weighted by molar-refractivity contribution is 5.95. The first-order valence-corrected chi connectivity index (χ1v) is 7.14. The van der Waals surface area contributed by atoms with Crippen molar-refractivity contribution in [3.8, 4) is 5.69 Å². The van der Waals surface area contributed by atoms with Crippen LogP contribution in [0.4, 0.5) is 0 Å². The van der Waals surface area contributed by atoms with Gasteiger partial charge in [-0.3, -0.25) is 4.79 Å². The predicted molar refractivity (Wildman–Crippen MR) is 78.2 cm³/mol. The standard InChI is InChI=1S/C16H19N3O/c1-3-15-14(16(20)18-12-7-8-12)10-17-19(15)13-6-4-5-11(2)9-13/h4-6,9-10,12H,3,7-8H2,1-2H3,(H,18,20). The molecule has 0 radical (unpaired) electrons. The second-order valence-electron chi connectivity index (χ2n) is 5.36. The van der Waals surface area contributed by atoms with Crippen molar-refractivity contribution in [3.05, 3.63) is 47.3 Å². The molecule has 0 saturated heterocycles. The molecule has 1 amide bonds. The lowest BCUT2D eigenvalue weighted by atomic mass is 10.1. The van der Waals surface area contributed by atoms with Gasteiger partial charge in [0.2, 0.25) is 0 Å². The monoisotopic (exact) mass is 269 g/mol. The summed E-state index contributed by atoms with van der Waals surface area (Å²) in [5.41, 5.74) is 3.85. The molecule has 104 valence electrons. The van der Waals surface area contributed by atoms with Crippen LogP contribution < -0.4 is 5.32 Å². The SMILES string of the molecule is CCc1c(C(=O)NC2CC2)cnn1-c1cccc(C)c1. The van der Waals surface area contributed by atoms with Crippen molar-refractivity contribution in [2.24, 2.45) is 0 Å². The fraction of sp³-hybridized carbons (Fsp3) is 0.375. The minimum absolute atomic E-state index is 0.00301. The molecule has 1 fully saturated rings. The van der Waals surface area contributed by atoms with Gasteiger partial charge in [0.25, 0.3) is 5.91 Å². The summed E-state index contributed by atoms with van der Waals surface area (Å²) in [6.45, 7) is 4.11. The van der Waals surface area contributed by atoms with Gasteiger partial charge in [-0.05, 0) is 43.9 Å². The van der Waals surface area contributed by atoms with Gasteiger partial charge >= 0.3 is 0 Å². The Bertz CT molecular complexity index is 641. The molecule has 1 aliphatic carbocycles. The highest BCUT2D eigenvalue weighted by Gasteiger charge is 2.26. The van der Waals surface area contributed by atoms with Crippen LogP contribution in [-0.4, -0.2) is 21.7 Å². The van der Waals surface area contributed by atoms with Crippen LogP contribution in [0.25, 0.3) is 5.69 Å². The van der Waals surface area contributed by atoms with Gasteiger partial charge in [0.05, 0.1) is 23.1 Å². The highest BCUT2D eigenvalue weighted by atomic mass is 16.1. The van der Waals surface area contributed by atoms with E-state index in [4.69, 9.17) is 0 Å². The summed E-state index contributed by atoms with van der Waals surface area (Å²) < 4.78 is 1.87. The summed E-state index contributed by atoms with van der Waals surface area (Å²) in [5, 5.41) is 7.43. The molecule has 1 aromatic heterocycles. The molecule has 1 heterocycles. The van der Waals surface area contributed by atoms with Crippen LogP contribution in [0.2, 0.25) is 0 Å². The van der Waals surface area contributed by atoms with Crippen LogP contribution >= 0.6 is 0 Å². The molecule has 0 spiro atoms. The van der Waals surface area contributed by atoms with Crippen molar-refractivity contribution < 1.29 is 4.79 Å². The lowest BCUT2D eigenvalue weighted by molar-refractivity contribution is 0.0950. The van der Waals surface area contributed by atoms with Crippen molar-refractivity contribution in [2.75, 3.05) is 0 Å². The van der Waals surface area contributed by atoms with E-state index < -0.39 is 0 Å². The second-order valence-corrected chi connectivity index (χ2v) is 5.36. The van der Waals surface area contributed by atoms with E-state index in [0.717, 1.165) is 30.6 Å². The van der Waals surface area contributed by atoms with E-state index in [0.29, 0.717) is 11.6 Å². The average molecular weight is 269 g/mol. The van der Waals surface area contributed by atoms with Crippen LogP contribution in [0.1, 0.15) is 41.4 Å². The minimum Gasteiger partial charge on any atom is -0.349 e. The second kappa shape index (κ2) is 5.12. The Kier molecular flexibility index (Phi) is 3.30. The summed E-state index contributed by atoms with van der Waals surface area (Å²) in [6, 6.07) is 8.53. The lowest BCUT2D eigenvalue weighted by Crippen LogP contribution is -2.26. The molecule has 1 saturated carbocycles. The average Bonchev–Trinajstić information content (AvgIpc) is 3.14. The maximum Gasteiger partial charge on any atom is 0.254 e. The number of nitrogens with one attached hydrogen (secondary N) is 1. The molecular formula is C16H19N3O. The van der Waals surface area contributed by atoms with E-state index in [2.05, 4.69) is 36.4 Å². The lowest BCUT2D eigenvalue weighted by Gasteiger charge is -2.08. The third-order valence-corrected chi connectivity index (χ3v) is 3.61. The van der Waals surface area contributed by atoms with Crippen molar-refractivity contribution in [2.45, 2.75) is 39.2 Å². The van der Waals surface area contributed by atoms with Gasteiger partial charge in [-0.15, -0.1) is 0 Å². The summed E-state index contributed by atoms with van der Waals surface area (Å²) >= 11 is 0. The Balaban J connectivity index is 1.96. The van der Waals surface area contributed by atoms with E-state index in [1.54, 1.807) is 6.20 Å². The zero-order valence-corrected chi connectivity index (χ0v) is 11.9. The number of hydrogen-bond donors (Lipinski definition) is 1. The van der Waals surface area contributed by atoms with Crippen LogP contribution in [0.5, 0.6) is 0 Å². The van der Waals surface area contributed by atoms with Gasteiger partial charge < -0.3 is 5.32 Å². The molecule has 0 bridgehead atoms. The first-order chi connectivity index (χ1) is 9.69. The number of carbonyl (C=O) groups excluding carboxylic acids is 1. The molecule has 20 heavy (non-hydrogen) atoms. The third kappa shape index (κ3) is 2.46. The van der Waals surface area contributed by atoms with E-state index in [1.807, 2.05) is 16.8 Å². The molecule has 0 aliphatic heterocycles. The number of aryl methyl sites for hydroxylation is 1. The number of benzene rings is 1. The Morgan fingerprint density at radius 2 is 2.25 bits per heavy atom. The number of carbonyl (C=O) groups is 1. The largest absolute Gasteiger partial charge is 0.349 e. The van der Waals surface area contributed by atoms with Crippen LogP contribution in [0.15, 0.2) is 30.5 Å². The minimum atomic E-state index is 0.00301. The van der Waals surface area contributed by atoms with Gasteiger partial charge in [-0.1, -0.05) is 19.1 Å². The quantitative estimate of drug-likeness (QED) is 0.927.